The van der Waals surface area contributed by atoms with Crippen molar-refractivity contribution in [3.63, 3.8) is 0 Å². The molecule has 0 heterocycles. The van der Waals surface area contributed by atoms with Gasteiger partial charge in [-0.05, 0) is 11.1 Å². The highest BCUT2D eigenvalue weighted by molar-refractivity contribution is 6.31. The molecular formula is C21H13NO4. The van der Waals surface area contributed by atoms with Gasteiger partial charge in [-0.2, -0.15) is 0 Å². The number of nitro groups is 1. The minimum absolute atomic E-state index is 0.0772. The third-order valence-electron chi connectivity index (χ3n) is 4.76. The number of fused-ring (bicyclic) bond motifs is 1. The lowest BCUT2D eigenvalue weighted by Crippen LogP contribution is -2.46. The summed E-state index contributed by atoms with van der Waals surface area (Å²) >= 11 is 0. The Balaban J connectivity index is 1.86. The summed E-state index contributed by atoms with van der Waals surface area (Å²) in [4.78, 5) is 36.9. The van der Waals surface area contributed by atoms with Crippen LogP contribution in [0.1, 0.15) is 26.3 Å². The molecule has 126 valence electrons. The molecule has 5 heteroatoms. The Morgan fingerprint density at radius 1 is 0.654 bits per heavy atom. The van der Waals surface area contributed by atoms with Crippen LogP contribution in [0, 0.1) is 10.1 Å². The van der Waals surface area contributed by atoms with Crippen molar-refractivity contribution in [2.24, 2.45) is 0 Å². The van der Waals surface area contributed by atoms with E-state index in [-0.39, 0.29) is 16.7 Å². The number of hydrogen-bond acceptors (Lipinski definition) is 4. The molecule has 0 spiro atoms. The Kier molecular flexibility index (Phi) is 3.51. The number of hydrogen-bond donors (Lipinski definition) is 0. The van der Waals surface area contributed by atoms with Gasteiger partial charge in [0.2, 0.25) is 0 Å². The van der Waals surface area contributed by atoms with Crippen molar-refractivity contribution in [3.8, 4) is 11.1 Å². The Morgan fingerprint density at radius 3 is 1.62 bits per heavy atom. The lowest BCUT2D eigenvalue weighted by Gasteiger charge is -2.17. The van der Waals surface area contributed by atoms with Crippen LogP contribution in [0.25, 0.3) is 11.1 Å². The highest BCUT2D eigenvalue weighted by Crippen LogP contribution is 2.40. The standard InChI is InChI=1S/C21H13NO4/c23-19-17-8-4-5-9-18(17)20(24)21(19,22(25)26)16-12-10-15(11-13-16)14-6-2-1-3-7-14/h1-13H. The molecule has 0 fully saturated rings. The Labute approximate surface area is 149 Å². The molecule has 0 amide bonds. The predicted octanol–water partition coefficient (Wildman–Crippen LogP) is 3.90. The van der Waals surface area contributed by atoms with E-state index >= 15 is 0 Å². The average Bonchev–Trinajstić information content (AvgIpc) is 2.91. The van der Waals surface area contributed by atoms with Crippen molar-refractivity contribution in [2.45, 2.75) is 5.54 Å². The zero-order chi connectivity index (χ0) is 18.3. The molecule has 0 N–H and O–H groups in total. The summed E-state index contributed by atoms with van der Waals surface area (Å²) in [6, 6.07) is 22.0. The Bertz CT molecular complexity index is 1000. The Morgan fingerprint density at radius 2 is 1.12 bits per heavy atom. The first-order valence-electron chi connectivity index (χ1n) is 8.06. The molecule has 1 aliphatic carbocycles. The van der Waals surface area contributed by atoms with Crippen LogP contribution in [-0.2, 0) is 5.54 Å². The van der Waals surface area contributed by atoms with Crippen LogP contribution < -0.4 is 0 Å². The van der Waals surface area contributed by atoms with Gasteiger partial charge in [-0.1, -0.05) is 78.9 Å². The van der Waals surface area contributed by atoms with Crippen molar-refractivity contribution < 1.29 is 14.5 Å². The second kappa shape index (κ2) is 5.74. The zero-order valence-electron chi connectivity index (χ0n) is 13.6. The molecule has 0 saturated carbocycles. The molecule has 4 rings (SSSR count). The molecule has 0 radical (unpaired) electrons. The van der Waals surface area contributed by atoms with Gasteiger partial charge < -0.3 is 0 Å². The quantitative estimate of drug-likeness (QED) is 0.410. The van der Waals surface area contributed by atoms with Crippen molar-refractivity contribution in [2.75, 3.05) is 0 Å². The van der Waals surface area contributed by atoms with Gasteiger partial charge >= 0.3 is 5.54 Å². The number of Topliss-reactive ketones (excluding diaryl/α,β-unsaturated/α-hetero) is 2. The van der Waals surface area contributed by atoms with Crippen LogP contribution in [-0.4, -0.2) is 16.5 Å². The van der Waals surface area contributed by atoms with E-state index in [1.165, 1.54) is 24.3 Å². The number of carbonyl (C=O) groups excluding carboxylic acids is 2. The van der Waals surface area contributed by atoms with E-state index in [4.69, 9.17) is 0 Å². The summed E-state index contributed by atoms with van der Waals surface area (Å²) in [6.45, 7) is 0. The normalized spacial score (nSPS) is 14.9. The monoisotopic (exact) mass is 343 g/mol. The van der Waals surface area contributed by atoms with Gasteiger partial charge in [0.1, 0.15) is 0 Å². The largest absolute Gasteiger partial charge is 0.370 e. The maximum Gasteiger partial charge on any atom is 0.370 e. The molecule has 1 aliphatic rings. The highest BCUT2D eigenvalue weighted by Gasteiger charge is 2.65. The first kappa shape index (κ1) is 15.9. The zero-order valence-corrected chi connectivity index (χ0v) is 13.6. The number of rotatable bonds is 3. The summed E-state index contributed by atoms with van der Waals surface area (Å²) < 4.78 is 0. The lowest BCUT2D eigenvalue weighted by molar-refractivity contribution is -0.537. The van der Waals surface area contributed by atoms with Crippen LogP contribution in [0.15, 0.2) is 78.9 Å². The molecule has 0 aromatic heterocycles. The van der Waals surface area contributed by atoms with Crippen LogP contribution in [0.2, 0.25) is 0 Å². The highest BCUT2D eigenvalue weighted by atomic mass is 16.6. The number of nitrogens with zero attached hydrogens (tertiary/aromatic N) is 1. The van der Waals surface area contributed by atoms with Gasteiger partial charge in [0, 0.05) is 21.6 Å². The van der Waals surface area contributed by atoms with Gasteiger partial charge in [-0.15, -0.1) is 0 Å². The summed E-state index contributed by atoms with van der Waals surface area (Å²) in [6.07, 6.45) is 0. The second-order valence-corrected chi connectivity index (χ2v) is 6.11. The third-order valence-corrected chi connectivity index (χ3v) is 4.76. The molecular weight excluding hydrogens is 330 g/mol. The van der Waals surface area contributed by atoms with E-state index in [1.807, 2.05) is 30.3 Å². The predicted molar refractivity (Wildman–Crippen MR) is 95.7 cm³/mol. The van der Waals surface area contributed by atoms with Crippen LogP contribution in [0.5, 0.6) is 0 Å². The summed E-state index contributed by atoms with van der Waals surface area (Å²) in [5, 5.41) is 11.9. The summed E-state index contributed by atoms with van der Waals surface area (Å²) in [5.74, 6) is -1.56. The fourth-order valence-electron chi connectivity index (χ4n) is 3.44. The average molecular weight is 343 g/mol. The van der Waals surface area contributed by atoms with E-state index in [0.717, 1.165) is 11.1 Å². The molecule has 0 unspecified atom stereocenters. The fraction of sp³-hybridized carbons (Fsp3) is 0.0476. The van der Waals surface area contributed by atoms with Crippen LogP contribution >= 0.6 is 0 Å². The molecule has 5 nitrogen and oxygen atoms in total. The summed E-state index contributed by atoms with van der Waals surface area (Å²) in [5.41, 5.74) is -0.334. The molecule has 0 saturated heterocycles. The second-order valence-electron chi connectivity index (χ2n) is 6.11. The minimum atomic E-state index is -2.40. The van der Waals surface area contributed by atoms with Crippen LogP contribution in [0.4, 0.5) is 0 Å². The molecule has 3 aromatic carbocycles. The minimum Gasteiger partial charge on any atom is -0.285 e. The molecule has 0 aliphatic heterocycles. The van der Waals surface area contributed by atoms with Gasteiger partial charge in [-0.3, -0.25) is 19.7 Å². The van der Waals surface area contributed by atoms with E-state index in [1.54, 1.807) is 24.3 Å². The summed E-state index contributed by atoms with van der Waals surface area (Å²) in [7, 11) is 0. The first-order chi connectivity index (χ1) is 12.6. The van der Waals surface area contributed by atoms with Crippen molar-refractivity contribution >= 4 is 11.6 Å². The maximum absolute atomic E-state index is 12.9. The van der Waals surface area contributed by atoms with Crippen molar-refractivity contribution in [1.82, 2.24) is 0 Å². The van der Waals surface area contributed by atoms with Gasteiger partial charge in [0.05, 0.1) is 0 Å². The Hall–Kier alpha value is -3.60. The van der Waals surface area contributed by atoms with Gasteiger partial charge in [-0.25, -0.2) is 0 Å². The third kappa shape index (κ3) is 2.04. The van der Waals surface area contributed by atoms with Crippen molar-refractivity contribution in [1.29, 1.82) is 0 Å². The SMILES string of the molecule is O=C1c2ccccc2C(=O)C1(c1ccc(-c2ccccc2)cc1)[N+](=O)[O-]. The van der Waals surface area contributed by atoms with Crippen LogP contribution in [0.3, 0.4) is 0 Å². The number of ketones is 2. The first-order valence-corrected chi connectivity index (χ1v) is 8.06. The topological polar surface area (TPSA) is 77.3 Å². The van der Waals surface area contributed by atoms with Gasteiger partial charge in [0.25, 0.3) is 11.6 Å². The maximum atomic E-state index is 12.9. The van der Waals surface area contributed by atoms with E-state index in [0.29, 0.717) is 0 Å². The molecule has 26 heavy (non-hydrogen) atoms. The molecule has 0 atom stereocenters. The van der Waals surface area contributed by atoms with Crippen molar-refractivity contribution in [3.05, 3.63) is 106 Å². The molecule has 3 aromatic rings. The lowest BCUT2D eigenvalue weighted by atomic mass is 9.85. The fourth-order valence-corrected chi connectivity index (χ4v) is 3.44. The smallest absolute Gasteiger partial charge is 0.285 e. The number of carbonyl (C=O) groups is 2. The van der Waals surface area contributed by atoms with E-state index in [9.17, 15) is 19.7 Å². The number of benzene rings is 3. The van der Waals surface area contributed by atoms with E-state index < -0.39 is 22.0 Å². The van der Waals surface area contributed by atoms with Gasteiger partial charge in [0.15, 0.2) is 0 Å². The molecule has 0 bridgehead atoms. The van der Waals surface area contributed by atoms with E-state index in [2.05, 4.69) is 0 Å².